The van der Waals surface area contributed by atoms with Crippen LogP contribution in [-0.2, 0) is 16.0 Å². The summed E-state index contributed by atoms with van der Waals surface area (Å²) in [5.41, 5.74) is 2.94. The topological polar surface area (TPSA) is 79.5 Å². The number of carbonyl (C=O) groups excluding carboxylic acids is 3. The van der Waals surface area contributed by atoms with Crippen LogP contribution in [0.25, 0.3) is 0 Å². The van der Waals surface area contributed by atoms with E-state index in [0.717, 1.165) is 12.8 Å². The number of benzene rings is 1. The zero-order chi connectivity index (χ0) is 20.3. The molecule has 1 N–H and O–H groups in total. The Morgan fingerprint density at radius 3 is 2.36 bits per heavy atom. The number of hydrogen-bond donors (Lipinski definition) is 1. The molecule has 0 saturated carbocycles. The summed E-state index contributed by atoms with van der Waals surface area (Å²) in [7, 11) is 1.29. The quantitative estimate of drug-likeness (QED) is 0.636. The third-order valence-corrected chi connectivity index (χ3v) is 5.52. The number of Topliss-reactive ketones (excluding diaryl/α,β-unsaturated/α-hetero) is 1. The van der Waals surface area contributed by atoms with Crippen molar-refractivity contribution in [2.24, 2.45) is 0 Å². The molecule has 1 aliphatic heterocycles. The lowest BCUT2D eigenvalue weighted by molar-refractivity contribution is -0.131. The van der Waals surface area contributed by atoms with E-state index >= 15 is 0 Å². The van der Waals surface area contributed by atoms with Crippen LogP contribution in [0.15, 0.2) is 30.3 Å². The number of rotatable bonds is 5. The first-order valence-corrected chi connectivity index (χ1v) is 9.55. The third-order valence-electron chi connectivity index (χ3n) is 5.52. The van der Waals surface area contributed by atoms with Crippen LogP contribution < -0.4 is 0 Å². The Labute approximate surface area is 164 Å². The van der Waals surface area contributed by atoms with Crippen LogP contribution >= 0.6 is 0 Å². The molecule has 2 heterocycles. The predicted molar refractivity (Wildman–Crippen MR) is 106 cm³/mol. The Morgan fingerprint density at radius 2 is 1.79 bits per heavy atom. The van der Waals surface area contributed by atoms with Gasteiger partial charge in [0.2, 0.25) is 5.91 Å². The number of esters is 1. The Hall–Kier alpha value is -2.89. The second-order valence-corrected chi connectivity index (χ2v) is 7.27. The fourth-order valence-electron chi connectivity index (χ4n) is 3.97. The van der Waals surface area contributed by atoms with Gasteiger partial charge < -0.3 is 14.6 Å². The zero-order valence-corrected chi connectivity index (χ0v) is 16.6. The fourth-order valence-corrected chi connectivity index (χ4v) is 3.97. The number of nitrogens with zero attached hydrogens (tertiary/aromatic N) is 1. The molecule has 0 spiro atoms. The standard InChI is InChI=1S/C22H26N2O4/c1-14-20(22(27)28-3)18(23-21(14)15(2)25)13-19(26)24-11-9-17(10-12-24)16-7-5-4-6-8-16/h4-8,17,23H,9-13H2,1-3H3. The van der Waals surface area contributed by atoms with Crippen molar-refractivity contribution in [1.29, 1.82) is 0 Å². The normalized spacial score (nSPS) is 14.8. The van der Waals surface area contributed by atoms with Gasteiger partial charge in [0.15, 0.2) is 5.78 Å². The van der Waals surface area contributed by atoms with Gasteiger partial charge in [-0.15, -0.1) is 0 Å². The lowest BCUT2D eigenvalue weighted by Crippen LogP contribution is -2.39. The molecule has 1 saturated heterocycles. The van der Waals surface area contributed by atoms with Crippen LogP contribution in [0.4, 0.5) is 0 Å². The van der Waals surface area contributed by atoms with Crippen LogP contribution in [0.2, 0.25) is 0 Å². The third kappa shape index (κ3) is 4.01. The molecule has 6 heteroatoms. The second kappa shape index (κ2) is 8.42. The van der Waals surface area contributed by atoms with E-state index in [4.69, 9.17) is 4.74 Å². The molecular formula is C22H26N2O4. The maximum atomic E-state index is 12.8. The first-order valence-electron chi connectivity index (χ1n) is 9.55. The molecule has 1 amide bonds. The number of amides is 1. The molecular weight excluding hydrogens is 356 g/mol. The highest BCUT2D eigenvalue weighted by molar-refractivity contribution is 6.01. The molecule has 0 bridgehead atoms. The van der Waals surface area contributed by atoms with Gasteiger partial charge in [-0.25, -0.2) is 4.79 Å². The summed E-state index contributed by atoms with van der Waals surface area (Å²) in [6.07, 6.45) is 1.89. The molecule has 0 unspecified atom stereocenters. The number of methoxy groups -OCH3 is 1. The van der Waals surface area contributed by atoms with E-state index in [1.165, 1.54) is 19.6 Å². The molecule has 148 valence electrons. The van der Waals surface area contributed by atoms with E-state index in [0.29, 0.717) is 41.5 Å². The number of nitrogens with one attached hydrogen (secondary N) is 1. The number of piperidine rings is 1. The van der Waals surface area contributed by atoms with Crippen molar-refractivity contribution in [3.63, 3.8) is 0 Å². The van der Waals surface area contributed by atoms with Gasteiger partial charge in [0, 0.05) is 25.7 Å². The monoisotopic (exact) mass is 382 g/mol. The van der Waals surface area contributed by atoms with Crippen molar-refractivity contribution < 1.29 is 19.1 Å². The average Bonchev–Trinajstić information content (AvgIpc) is 3.04. The summed E-state index contributed by atoms with van der Waals surface area (Å²) in [5, 5.41) is 0. The molecule has 1 aliphatic rings. The maximum absolute atomic E-state index is 12.8. The number of aromatic nitrogens is 1. The highest BCUT2D eigenvalue weighted by Gasteiger charge is 2.28. The predicted octanol–water partition coefficient (Wildman–Crippen LogP) is 3.26. The minimum absolute atomic E-state index is 0.0481. The number of hydrogen-bond acceptors (Lipinski definition) is 4. The number of ketones is 1. The van der Waals surface area contributed by atoms with Gasteiger partial charge in [-0.05, 0) is 36.8 Å². The van der Waals surface area contributed by atoms with E-state index in [9.17, 15) is 14.4 Å². The van der Waals surface area contributed by atoms with Crippen LogP contribution in [0.1, 0.15) is 63.4 Å². The smallest absolute Gasteiger partial charge is 0.339 e. The van der Waals surface area contributed by atoms with Gasteiger partial charge in [0.25, 0.3) is 0 Å². The number of H-pyrrole nitrogens is 1. The minimum atomic E-state index is -0.535. The number of ether oxygens (including phenoxy) is 1. The van der Waals surface area contributed by atoms with Crippen molar-refractivity contribution in [2.45, 2.75) is 39.0 Å². The van der Waals surface area contributed by atoms with E-state index in [1.54, 1.807) is 6.92 Å². The maximum Gasteiger partial charge on any atom is 0.339 e. The van der Waals surface area contributed by atoms with E-state index < -0.39 is 5.97 Å². The fraction of sp³-hybridized carbons (Fsp3) is 0.409. The lowest BCUT2D eigenvalue weighted by atomic mass is 9.89. The van der Waals surface area contributed by atoms with Gasteiger partial charge in [-0.1, -0.05) is 30.3 Å². The summed E-state index contributed by atoms with van der Waals surface area (Å²) in [6, 6.07) is 10.4. The van der Waals surface area contributed by atoms with Crippen molar-refractivity contribution in [3.8, 4) is 0 Å². The second-order valence-electron chi connectivity index (χ2n) is 7.27. The number of carbonyl (C=O) groups is 3. The Morgan fingerprint density at radius 1 is 1.14 bits per heavy atom. The number of aromatic amines is 1. The first kappa shape index (κ1) is 19.9. The molecule has 2 aromatic rings. The van der Waals surface area contributed by atoms with Gasteiger partial charge in [0.1, 0.15) is 0 Å². The zero-order valence-electron chi connectivity index (χ0n) is 16.6. The highest BCUT2D eigenvalue weighted by Crippen LogP contribution is 2.28. The Balaban J connectivity index is 1.71. The van der Waals surface area contributed by atoms with Gasteiger partial charge >= 0.3 is 5.97 Å². The van der Waals surface area contributed by atoms with Crippen molar-refractivity contribution in [3.05, 3.63) is 58.4 Å². The lowest BCUT2D eigenvalue weighted by Gasteiger charge is -2.32. The molecule has 6 nitrogen and oxygen atoms in total. The molecule has 0 aliphatic carbocycles. The van der Waals surface area contributed by atoms with Crippen molar-refractivity contribution in [1.82, 2.24) is 9.88 Å². The van der Waals surface area contributed by atoms with Crippen LogP contribution in [0, 0.1) is 6.92 Å². The molecule has 0 radical (unpaired) electrons. The van der Waals surface area contributed by atoms with Crippen LogP contribution in [0.3, 0.4) is 0 Å². The summed E-state index contributed by atoms with van der Waals surface area (Å²) >= 11 is 0. The minimum Gasteiger partial charge on any atom is -0.465 e. The Kier molecular flexibility index (Phi) is 5.97. The molecule has 1 aromatic carbocycles. The molecule has 28 heavy (non-hydrogen) atoms. The Bertz CT molecular complexity index is 877. The SMILES string of the molecule is COC(=O)c1c(CC(=O)N2CCC(c3ccccc3)CC2)[nH]c(C(C)=O)c1C. The highest BCUT2D eigenvalue weighted by atomic mass is 16.5. The molecule has 1 fully saturated rings. The van der Waals surface area contributed by atoms with E-state index in [-0.39, 0.29) is 18.1 Å². The van der Waals surface area contributed by atoms with E-state index in [1.807, 2.05) is 23.1 Å². The first-order chi connectivity index (χ1) is 13.4. The van der Waals surface area contributed by atoms with Crippen molar-refractivity contribution in [2.75, 3.05) is 20.2 Å². The summed E-state index contributed by atoms with van der Waals surface area (Å²) < 4.78 is 4.85. The largest absolute Gasteiger partial charge is 0.465 e. The van der Waals surface area contributed by atoms with Gasteiger partial charge in [-0.3, -0.25) is 9.59 Å². The van der Waals surface area contributed by atoms with E-state index in [2.05, 4.69) is 17.1 Å². The summed E-state index contributed by atoms with van der Waals surface area (Å²) in [4.78, 5) is 41.6. The number of likely N-dealkylation sites (tertiary alicyclic amines) is 1. The van der Waals surface area contributed by atoms with Crippen LogP contribution in [0.5, 0.6) is 0 Å². The molecule has 1 aromatic heterocycles. The van der Waals surface area contributed by atoms with Gasteiger partial charge in [-0.2, -0.15) is 0 Å². The van der Waals surface area contributed by atoms with Crippen molar-refractivity contribution >= 4 is 17.7 Å². The summed E-state index contributed by atoms with van der Waals surface area (Å²) in [5.74, 6) is -0.294. The van der Waals surface area contributed by atoms with Gasteiger partial charge in [0.05, 0.1) is 24.8 Å². The van der Waals surface area contributed by atoms with Crippen LogP contribution in [-0.4, -0.2) is 47.7 Å². The summed E-state index contributed by atoms with van der Waals surface area (Å²) in [6.45, 7) is 4.50. The molecule has 3 rings (SSSR count). The average molecular weight is 382 g/mol. The molecule has 0 atom stereocenters.